The van der Waals surface area contributed by atoms with Gasteiger partial charge in [-0.25, -0.2) is 0 Å². The van der Waals surface area contributed by atoms with Gasteiger partial charge in [-0.15, -0.1) is 11.6 Å². The first-order valence-corrected chi connectivity index (χ1v) is 14.4. The molecule has 0 unspecified atom stereocenters. The van der Waals surface area contributed by atoms with Gasteiger partial charge in [-0.1, -0.05) is 66.7 Å². The molecule has 2 amide bonds. The van der Waals surface area contributed by atoms with Gasteiger partial charge in [-0.2, -0.15) is 0 Å². The highest BCUT2D eigenvalue weighted by atomic mass is 35.5. The minimum absolute atomic E-state index is 0.0897. The zero-order valence-electron chi connectivity index (χ0n) is 22.6. The summed E-state index contributed by atoms with van der Waals surface area (Å²) < 4.78 is 0. The predicted molar refractivity (Wildman–Crippen MR) is 159 cm³/mol. The van der Waals surface area contributed by atoms with Crippen LogP contribution in [0.25, 0.3) is 0 Å². The number of nitrogens with one attached hydrogen (secondary N) is 2. The molecule has 206 valence electrons. The normalized spacial score (nSPS) is 13.7. The van der Waals surface area contributed by atoms with Crippen molar-refractivity contribution in [2.75, 3.05) is 44.2 Å². The maximum absolute atomic E-state index is 12.2. The van der Waals surface area contributed by atoms with Crippen molar-refractivity contribution in [2.24, 2.45) is 0 Å². The van der Waals surface area contributed by atoms with Gasteiger partial charge in [0.2, 0.25) is 11.8 Å². The summed E-state index contributed by atoms with van der Waals surface area (Å²) >= 11 is 5.81. The first-order chi connectivity index (χ1) is 19.1. The average Bonchev–Trinajstić information content (AvgIpc) is 2.98. The van der Waals surface area contributed by atoms with E-state index in [0.29, 0.717) is 19.0 Å². The van der Waals surface area contributed by atoms with E-state index in [1.54, 1.807) is 0 Å². The van der Waals surface area contributed by atoms with Crippen molar-refractivity contribution < 1.29 is 9.59 Å². The van der Waals surface area contributed by atoms with Gasteiger partial charge in [0.05, 0.1) is 0 Å². The fourth-order valence-corrected chi connectivity index (χ4v) is 4.94. The molecule has 1 aliphatic rings. The molecular weight excluding hydrogens is 508 g/mol. The Hall–Kier alpha value is -3.35. The average molecular weight is 547 g/mol. The number of carbonyl (C=O) groups is 2. The Morgan fingerprint density at radius 2 is 1.13 bits per heavy atom. The largest absolute Gasteiger partial charge is 0.369 e. The molecule has 0 aromatic heterocycles. The molecule has 1 saturated heterocycles. The Balaban J connectivity index is 1.06. The molecule has 1 fully saturated rings. The molecule has 0 spiro atoms. The summed E-state index contributed by atoms with van der Waals surface area (Å²) in [6.45, 7) is 6.30. The first-order valence-electron chi connectivity index (χ1n) is 13.9. The van der Waals surface area contributed by atoms with Crippen LogP contribution < -0.4 is 15.5 Å². The topological polar surface area (TPSA) is 64.7 Å². The van der Waals surface area contributed by atoms with E-state index < -0.39 is 0 Å². The van der Waals surface area contributed by atoms with E-state index in [9.17, 15) is 9.59 Å². The lowest BCUT2D eigenvalue weighted by molar-refractivity contribution is -0.126. The molecule has 3 aromatic carbocycles. The van der Waals surface area contributed by atoms with Crippen LogP contribution in [-0.2, 0) is 34.9 Å². The summed E-state index contributed by atoms with van der Waals surface area (Å²) in [6, 6.07) is 27.4. The SMILES string of the molecule is O=C(CCC(=O)NCCc1ccc(CN2CCN(c3ccccc3)CC2)cc1)NCCc1ccc(CCl)cc1. The molecule has 1 aliphatic heterocycles. The molecule has 1 heterocycles. The number of para-hydroxylation sites is 1. The van der Waals surface area contributed by atoms with E-state index in [-0.39, 0.29) is 24.7 Å². The highest BCUT2D eigenvalue weighted by Gasteiger charge is 2.17. The monoisotopic (exact) mass is 546 g/mol. The number of benzene rings is 3. The summed E-state index contributed by atoms with van der Waals surface area (Å²) in [6.07, 6.45) is 1.93. The maximum atomic E-state index is 12.2. The van der Waals surface area contributed by atoms with Crippen molar-refractivity contribution in [1.29, 1.82) is 0 Å². The van der Waals surface area contributed by atoms with Crippen LogP contribution in [0.1, 0.15) is 35.1 Å². The van der Waals surface area contributed by atoms with E-state index >= 15 is 0 Å². The lowest BCUT2D eigenvalue weighted by Crippen LogP contribution is -2.45. The van der Waals surface area contributed by atoms with E-state index in [2.05, 4.69) is 75.0 Å². The number of anilines is 1. The Morgan fingerprint density at radius 3 is 1.64 bits per heavy atom. The molecule has 2 N–H and O–H groups in total. The maximum Gasteiger partial charge on any atom is 0.220 e. The van der Waals surface area contributed by atoms with Gasteiger partial charge in [0.1, 0.15) is 0 Å². The molecule has 3 aromatic rings. The molecule has 6 nitrogen and oxygen atoms in total. The third-order valence-corrected chi connectivity index (χ3v) is 7.46. The van der Waals surface area contributed by atoms with E-state index in [1.165, 1.54) is 16.8 Å². The predicted octanol–water partition coefficient (Wildman–Crippen LogP) is 4.55. The van der Waals surface area contributed by atoms with Crippen molar-refractivity contribution in [3.05, 3.63) is 101 Å². The highest BCUT2D eigenvalue weighted by Crippen LogP contribution is 2.17. The number of nitrogens with zero attached hydrogens (tertiary/aromatic N) is 2. The van der Waals surface area contributed by atoms with Crippen LogP contribution in [0.2, 0.25) is 0 Å². The summed E-state index contributed by atoms with van der Waals surface area (Å²) in [5, 5.41) is 5.82. The zero-order chi connectivity index (χ0) is 27.3. The van der Waals surface area contributed by atoms with Gasteiger partial charge in [-0.05, 0) is 47.2 Å². The second-order valence-electron chi connectivity index (χ2n) is 10.1. The number of hydrogen-bond donors (Lipinski definition) is 2. The number of rotatable bonds is 13. The van der Waals surface area contributed by atoms with Crippen molar-refractivity contribution in [3.8, 4) is 0 Å². The second-order valence-corrected chi connectivity index (χ2v) is 10.3. The van der Waals surface area contributed by atoms with Crippen LogP contribution in [0.5, 0.6) is 0 Å². The number of piperazine rings is 1. The fraction of sp³-hybridized carbons (Fsp3) is 0.375. The van der Waals surface area contributed by atoms with Gasteiger partial charge in [0.15, 0.2) is 0 Å². The number of hydrogen-bond acceptors (Lipinski definition) is 4. The van der Waals surface area contributed by atoms with Crippen molar-refractivity contribution in [1.82, 2.24) is 15.5 Å². The van der Waals surface area contributed by atoms with Crippen LogP contribution in [0.3, 0.4) is 0 Å². The molecule has 0 bridgehead atoms. The minimum atomic E-state index is -0.0976. The number of halogens is 1. The van der Waals surface area contributed by atoms with Gasteiger partial charge in [0.25, 0.3) is 0 Å². The number of amides is 2. The smallest absolute Gasteiger partial charge is 0.220 e. The van der Waals surface area contributed by atoms with Crippen molar-refractivity contribution in [2.45, 2.75) is 38.1 Å². The van der Waals surface area contributed by atoms with Gasteiger partial charge < -0.3 is 15.5 Å². The molecule has 0 atom stereocenters. The summed E-state index contributed by atoms with van der Waals surface area (Å²) in [5.74, 6) is 0.312. The molecule has 7 heteroatoms. The van der Waals surface area contributed by atoms with Crippen LogP contribution in [-0.4, -0.2) is 56.0 Å². The third kappa shape index (κ3) is 9.72. The number of alkyl halides is 1. The first kappa shape index (κ1) is 28.7. The summed E-state index contributed by atoms with van der Waals surface area (Å²) in [7, 11) is 0. The molecule has 0 aliphatic carbocycles. The van der Waals surface area contributed by atoms with Gasteiger partial charge in [-0.3, -0.25) is 14.5 Å². The van der Waals surface area contributed by atoms with Crippen molar-refractivity contribution in [3.63, 3.8) is 0 Å². The zero-order valence-corrected chi connectivity index (χ0v) is 23.3. The minimum Gasteiger partial charge on any atom is -0.369 e. The third-order valence-electron chi connectivity index (χ3n) is 7.15. The molecule has 0 saturated carbocycles. The summed E-state index contributed by atoms with van der Waals surface area (Å²) in [5.41, 5.74) is 6.05. The fourth-order valence-electron chi connectivity index (χ4n) is 4.76. The van der Waals surface area contributed by atoms with E-state index in [1.807, 2.05) is 24.3 Å². The van der Waals surface area contributed by atoms with Gasteiger partial charge >= 0.3 is 0 Å². The van der Waals surface area contributed by atoms with Gasteiger partial charge in [0, 0.05) is 70.2 Å². The molecular formula is C32H39ClN4O2. The highest BCUT2D eigenvalue weighted by molar-refractivity contribution is 6.17. The standard InChI is InChI=1S/C32H39ClN4O2/c33-24-28-10-6-26(7-11-28)16-18-34-31(38)14-15-32(39)35-19-17-27-8-12-29(13-9-27)25-36-20-22-37(23-21-36)30-4-2-1-3-5-30/h1-13H,14-25H2,(H,34,38)(H,35,39). The molecule has 0 radical (unpaired) electrons. The van der Waals surface area contributed by atoms with Crippen LogP contribution in [0.15, 0.2) is 78.9 Å². The van der Waals surface area contributed by atoms with Crippen LogP contribution in [0, 0.1) is 0 Å². The Kier molecular flexibility index (Phi) is 11.2. The Bertz CT molecular complexity index is 1160. The second kappa shape index (κ2) is 15.3. The quantitative estimate of drug-likeness (QED) is 0.309. The number of carbonyl (C=O) groups excluding carboxylic acids is 2. The van der Waals surface area contributed by atoms with Crippen molar-refractivity contribution >= 4 is 29.1 Å². The van der Waals surface area contributed by atoms with Crippen LogP contribution in [0.4, 0.5) is 5.69 Å². The molecule has 4 rings (SSSR count). The van der Waals surface area contributed by atoms with E-state index in [0.717, 1.165) is 56.7 Å². The molecule has 39 heavy (non-hydrogen) atoms. The Morgan fingerprint density at radius 1 is 0.641 bits per heavy atom. The lowest BCUT2D eigenvalue weighted by Gasteiger charge is -2.36. The Labute approximate surface area is 237 Å². The van der Waals surface area contributed by atoms with E-state index in [4.69, 9.17) is 11.6 Å². The lowest BCUT2D eigenvalue weighted by atomic mass is 10.1. The summed E-state index contributed by atoms with van der Waals surface area (Å²) in [4.78, 5) is 29.2. The van der Waals surface area contributed by atoms with Crippen LogP contribution >= 0.6 is 11.6 Å².